The standard InChI is InChI=1S/C9H9ClFNO/c10-8-6(11)3-4-7(9(8)13)12-5-1-2-5/h3-5,12-13H,1-2H2. The maximum absolute atomic E-state index is 12.8. The van der Waals surface area contributed by atoms with Gasteiger partial charge in [0.1, 0.15) is 10.8 Å². The molecule has 2 N–H and O–H groups in total. The van der Waals surface area contributed by atoms with E-state index in [2.05, 4.69) is 5.32 Å². The lowest BCUT2D eigenvalue weighted by Crippen LogP contribution is -2.01. The Labute approximate surface area is 80.3 Å². The average Bonchev–Trinajstić information content (AvgIpc) is 2.90. The summed E-state index contributed by atoms with van der Waals surface area (Å²) in [6.07, 6.45) is 2.18. The van der Waals surface area contributed by atoms with Crippen LogP contribution in [0.3, 0.4) is 0 Å². The summed E-state index contributed by atoms with van der Waals surface area (Å²) in [4.78, 5) is 0. The molecule has 1 fully saturated rings. The maximum atomic E-state index is 12.8. The first kappa shape index (κ1) is 8.63. The van der Waals surface area contributed by atoms with Crippen molar-refractivity contribution in [1.82, 2.24) is 0 Å². The highest BCUT2D eigenvalue weighted by Crippen LogP contribution is 2.36. The Hall–Kier alpha value is -0.960. The largest absolute Gasteiger partial charge is 0.504 e. The zero-order valence-electron chi connectivity index (χ0n) is 6.85. The molecule has 1 aromatic carbocycles. The quantitative estimate of drug-likeness (QED) is 0.722. The molecule has 0 spiro atoms. The van der Waals surface area contributed by atoms with Crippen molar-refractivity contribution in [3.05, 3.63) is 23.0 Å². The smallest absolute Gasteiger partial charge is 0.160 e. The number of rotatable bonds is 2. The Balaban J connectivity index is 2.29. The van der Waals surface area contributed by atoms with Crippen LogP contribution in [0, 0.1) is 5.82 Å². The molecule has 0 amide bonds. The molecule has 0 heterocycles. The van der Waals surface area contributed by atoms with Crippen molar-refractivity contribution in [2.75, 3.05) is 5.32 Å². The first-order valence-electron chi connectivity index (χ1n) is 4.12. The van der Waals surface area contributed by atoms with Crippen molar-refractivity contribution in [3.63, 3.8) is 0 Å². The van der Waals surface area contributed by atoms with Gasteiger partial charge in [-0.05, 0) is 25.0 Å². The fourth-order valence-electron chi connectivity index (χ4n) is 1.10. The molecule has 4 heteroatoms. The van der Waals surface area contributed by atoms with Gasteiger partial charge in [0, 0.05) is 6.04 Å². The van der Waals surface area contributed by atoms with Gasteiger partial charge in [0.05, 0.1) is 5.69 Å². The highest BCUT2D eigenvalue weighted by molar-refractivity contribution is 6.32. The molecule has 70 valence electrons. The number of nitrogens with one attached hydrogen (secondary N) is 1. The Morgan fingerprint density at radius 3 is 2.77 bits per heavy atom. The molecular formula is C9H9ClFNO. The van der Waals surface area contributed by atoms with Gasteiger partial charge in [0.25, 0.3) is 0 Å². The zero-order chi connectivity index (χ0) is 9.42. The third-order valence-electron chi connectivity index (χ3n) is 2.01. The van der Waals surface area contributed by atoms with E-state index in [1.54, 1.807) is 0 Å². The minimum atomic E-state index is -0.597. The van der Waals surface area contributed by atoms with E-state index >= 15 is 0 Å². The van der Waals surface area contributed by atoms with Crippen molar-refractivity contribution >= 4 is 17.3 Å². The molecule has 0 aromatic heterocycles. The Morgan fingerprint density at radius 2 is 2.15 bits per heavy atom. The maximum Gasteiger partial charge on any atom is 0.160 e. The summed E-state index contributed by atoms with van der Waals surface area (Å²) in [7, 11) is 0. The molecule has 0 unspecified atom stereocenters. The molecule has 2 nitrogen and oxygen atoms in total. The van der Waals surface area contributed by atoms with Gasteiger partial charge in [-0.25, -0.2) is 4.39 Å². The Bertz CT molecular complexity index is 339. The highest BCUT2D eigenvalue weighted by atomic mass is 35.5. The predicted octanol–water partition coefficient (Wildman–Crippen LogP) is 2.76. The van der Waals surface area contributed by atoms with Crippen LogP contribution >= 0.6 is 11.6 Å². The van der Waals surface area contributed by atoms with Crippen LogP contribution in [-0.4, -0.2) is 11.1 Å². The number of phenolic OH excluding ortho intramolecular Hbond substituents is 1. The van der Waals surface area contributed by atoms with Crippen molar-refractivity contribution < 1.29 is 9.50 Å². The number of hydrogen-bond acceptors (Lipinski definition) is 2. The van der Waals surface area contributed by atoms with Crippen LogP contribution in [-0.2, 0) is 0 Å². The van der Waals surface area contributed by atoms with Gasteiger partial charge in [-0.2, -0.15) is 0 Å². The van der Waals surface area contributed by atoms with E-state index in [9.17, 15) is 9.50 Å². The third kappa shape index (κ3) is 1.70. The minimum Gasteiger partial charge on any atom is -0.504 e. The zero-order valence-corrected chi connectivity index (χ0v) is 7.61. The molecule has 1 saturated carbocycles. The lowest BCUT2D eigenvalue weighted by atomic mass is 10.3. The molecule has 0 radical (unpaired) electrons. The number of aromatic hydroxyl groups is 1. The van der Waals surface area contributed by atoms with Crippen LogP contribution in [0.1, 0.15) is 12.8 Å². The summed E-state index contributed by atoms with van der Waals surface area (Å²) in [6.45, 7) is 0. The molecule has 1 aliphatic rings. The number of phenols is 1. The van der Waals surface area contributed by atoms with E-state index in [1.165, 1.54) is 12.1 Å². The van der Waals surface area contributed by atoms with Crippen molar-refractivity contribution in [1.29, 1.82) is 0 Å². The topological polar surface area (TPSA) is 32.3 Å². The summed E-state index contributed by atoms with van der Waals surface area (Å²) in [5, 5.41) is 12.3. The number of halogens is 2. The van der Waals surface area contributed by atoms with E-state index in [1.807, 2.05) is 0 Å². The van der Waals surface area contributed by atoms with Gasteiger partial charge < -0.3 is 10.4 Å². The molecule has 0 aliphatic heterocycles. The van der Waals surface area contributed by atoms with E-state index in [-0.39, 0.29) is 10.8 Å². The molecular weight excluding hydrogens is 193 g/mol. The van der Waals surface area contributed by atoms with E-state index in [4.69, 9.17) is 11.6 Å². The number of hydrogen-bond donors (Lipinski definition) is 2. The van der Waals surface area contributed by atoms with Gasteiger partial charge in [-0.1, -0.05) is 11.6 Å². The third-order valence-corrected chi connectivity index (χ3v) is 2.37. The van der Waals surface area contributed by atoms with Gasteiger partial charge in [0.15, 0.2) is 5.75 Å². The van der Waals surface area contributed by atoms with E-state index in [0.717, 1.165) is 12.8 Å². The average molecular weight is 202 g/mol. The fourth-order valence-corrected chi connectivity index (χ4v) is 1.27. The fraction of sp³-hybridized carbons (Fsp3) is 0.333. The van der Waals surface area contributed by atoms with Gasteiger partial charge >= 0.3 is 0 Å². The number of anilines is 1. The molecule has 1 aromatic rings. The van der Waals surface area contributed by atoms with Crippen LogP contribution < -0.4 is 5.32 Å². The second kappa shape index (κ2) is 3.07. The first-order chi connectivity index (χ1) is 6.18. The summed E-state index contributed by atoms with van der Waals surface area (Å²) >= 11 is 5.52. The van der Waals surface area contributed by atoms with Gasteiger partial charge in [-0.15, -0.1) is 0 Å². The normalized spacial score (nSPS) is 15.8. The second-order valence-corrected chi connectivity index (χ2v) is 3.55. The van der Waals surface area contributed by atoms with Crippen LogP contribution in [0.15, 0.2) is 12.1 Å². The second-order valence-electron chi connectivity index (χ2n) is 3.18. The lowest BCUT2D eigenvalue weighted by molar-refractivity contribution is 0.471. The Morgan fingerprint density at radius 1 is 1.46 bits per heavy atom. The van der Waals surface area contributed by atoms with Crippen LogP contribution in [0.5, 0.6) is 5.75 Å². The molecule has 2 rings (SSSR count). The van der Waals surface area contributed by atoms with Crippen LogP contribution in [0.4, 0.5) is 10.1 Å². The predicted molar refractivity (Wildman–Crippen MR) is 49.7 cm³/mol. The van der Waals surface area contributed by atoms with Crippen LogP contribution in [0.2, 0.25) is 5.02 Å². The monoisotopic (exact) mass is 201 g/mol. The van der Waals surface area contributed by atoms with Gasteiger partial charge in [-0.3, -0.25) is 0 Å². The number of benzene rings is 1. The van der Waals surface area contributed by atoms with Crippen molar-refractivity contribution in [2.45, 2.75) is 18.9 Å². The summed E-state index contributed by atoms with van der Waals surface area (Å²) in [5.74, 6) is -0.797. The first-order valence-corrected chi connectivity index (χ1v) is 4.50. The Kier molecular flexibility index (Phi) is 2.04. The van der Waals surface area contributed by atoms with E-state index < -0.39 is 5.82 Å². The SMILES string of the molecule is Oc1c(NC2CC2)ccc(F)c1Cl. The summed E-state index contributed by atoms with van der Waals surface area (Å²) in [5.41, 5.74) is 0.508. The molecule has 0 saturated heterocycles. The van der Waals surface area contributed by atoms with Gasteiger partial charge in [0.2, 0.25) is 0 Å². The lowest BCUT2D eigenvalue weighted by Gasteiger charge is -2.08. The molecule has 0 atom stereocenters. The summed E-state index contributed by atoms with van der Waals surface area (Å²) < 4.78 is 12.8. The van der Waals surface area contributed by atoms with Crippen LogP contribution in [0.25, 0.3) is 0 Å². The minimum absolute atomic E-state index is 0.200. The molecule has 0 bridgehead atoms. The van der Waals surface area contributed by atoms with Crippen molar-refractivity contribution in [2.24, 2.45) is 0 Å². The molecule has 1 aliphatic carbocycles. The van der Waals surface area contributed by atoms with Crippen molar-refractivity contribution in [3.8, 4) is 5.75 Å². The summed E-state index contributed by atoms with van der Waals surface area (Å²) in [6, 6.07) is 3.15. The molecule has 13 heavy (non-hydrogen) atoms. The van der Waals surface area contributed by atoms with E-state index in [0.29, 0.717) is 11.7 Å². The highest BCUT2D eigenvalue weighted by Gasteiger charge is 2.22.